The second-order valence-corrected chi connectivity index (χ2v) is 7.68. The normalized spacial score (nSPS) is 26.7. The number of aromatic amines is 1. The SMILES string of the molecule is O=S(=O)(NC1CCNC2(CCCCC2)C1)c1ccn[nH]1. The summed E-state index contributed by atoms with van der Waals surface area (Å²) in [5, 5.41) is 10.0. The van der Waals surface area contributed by atoms with Crippen LogP contribution in [0.3, 0.4) is 0 Å². The van der Waals surface area contributed by atoms with Gasteiger partial charge in [-0.2, -0.15) is 5.10 Å². The number of nitrogens with zero attached hydrogens (tertiary/aromatic N) is 1. The first-order valence-electron chi connectivity index (χ1n) is 7.36. The molecule has 3 N–H and O–H groups in total. The predicted octanol–water partition coefficient (Wildman–Crippen LogP) is 1.14. The Morgan fingerprint density at radius 2 is 2.10 bits per heavy atom. The van der Waals surface area contributed by atoms with Crippen LogP contribution >= 0.6 is 0 Å². The van der Waals surface area contributed by atoms with Crippen LogP contribution in [0.4, 0.5) is 0 Å². The van der Waals surface area contributed by atoms with E-state index >= 15 is 0 Å². The van der Waals surface area contributed by atoms with E-state index in [1.54, 1.807) is 0 Å². The molecule has 3 rings (SSSR count). The summed E-state index contributed by atoms with van der Waals surface area (Å²) in [6, 6.07) is 1.50. The number of nitrogens with one attached hydrogen (secondary N) is 3. The van der Waals surface area contributed by atoms with Gasteiger partial charge in [0.1, 0.15) is 0 Å². The Morgan fingerprint density at radius 3 is 2.80 bits per heavy atom. The van der Waals surface area contributed by atoms with Crippen molar-refractivity contribution in [1.29, 1.82) is 0 Å². The van der Waals surface area contributed by atoms with Crippen molar-refractivity contribution in [2.75, 3.05) is 6.54 Å². The number of hydrogen-bond donors (Lipinski definition) is 3. The van der Waals surface area contributed by atoms with E-state index in [9.17, 15) is 8.42 Å². The quantitative estimate of drug-likeness (QED) is 0.781. The summed E-state index contributed by atoms with van der Waals surface area (Å²) in [7, 11) is -3.47. The summed E-state index contributed by atoms with van der Waals surface area (Å²) in [5.41, 5.74) is 0.150. The fourth-order valence-electron chi connectivity index (χ4n) is 3.54. The van der Waals surface area contributed by atoms with E-state index in [0.717, 1.165) is 32.2 Å². The molecular formula is C13H22N4O2S. The van der Waals surface area contributed by atoms with Gasteiger partial charge in [0.15, 0.2) is 5.03 Å². The van der Waals surface area contributed by atoms with Gasteiger partial charge in [0.05, 0.1) is 6.20 Å². The van der Waals surface area contributed by atoms with Crippen molar-refractivity contribution in [2.24, 2.45) is 0 Å². The van der Waals surface area contributed by atoms with E-state index in [4.69, 9.17) is 0 Å². The Bertz CT molecular complexity index is 529. The zero-order valence-corrected chi connectivity index (χ0v) is 12.4. The van der Waals surface area contributed by atoms with E-state index in [-0.39, 0.29) is 16.6 Å². The van der Waals surface area contributed by atoms with Gasteiger partial charge >= 0.3 is 0 Å². The Balaban J connectivity index is 1.68. The maximum absolute atomic E-state index is 12.2. The molecule has 1 spiro atoms. The average molecular weight is 298 g/mol. The molecule has 2 aliphatic rings. The van der Waals surface area contributed by atoms with Gasteiger partial charge in [0, 0.05) is 11.6 Å². The van der Waals surface area contributed by atoms with Crippen LogP contribution in [0.15, 0.2) is 17.3 Å². The molecule has 1 aliphatic heterocycles. The summed E-state index contributed by atoms with van der Waals surface area (Å²) in [5.74, 6) is 0. The van der Waals surface area contributed by atoms with Gasteiger partial charge in [-0.15, -0.1) is 0 Å². The maximum atomic E-state index is 12.2. The third kappa shape index (κ3) is 2.89. The molecule has 7 heteroatoms. The van der Waals surface area contributed by atoms with Gasteiger partial charge in [-0.05, 0) is 38.3 Å². The van der Waals surface area contributed by atoms with Gasteiger partial charge in [-0.3, -0.25) is 5.10 Å². The smallest absolute Gasteiger partial charge is 0.257 e. The van der Waals surface area contributed by atoms with Crippen molar-refractivity contribution >= 4 is 10.0 Å². The van der Waals surface area contributed by atoms with Crippen LogP contribution in [0.2, 0.25) is 0 Å². The minimum atomic E-state index is -3.47. The molecular weight excluding hydrogens is 276 g/mol. The maximum Gasteiger partial charge on any atom is 0.257 e. The first-order valence-corrected chi connectivity index (χ1v) is 8.85. The topological polar surface area (TPSA) is 86.9 Å². The Hall–Kier alpha value is -0.920. The predicted molar refractivity (Wildman–Crippen MR) is 75.7 cm³/mol. The van der Waals surface area contributed by atoms with Crippen LogP contribution < -0.4 is 10.0 Å². The molecule has 0 aromatic carbocycles. The Morgan fingerprint density at radius 1 is 1.30 bits per heavy atom. The molecule has 0 bridgehead atoms. The van der Waals surface area contributed by atoms with Crippen molar-refractivity contribution in [2.45, 2.75) is 61.6 Å². The highest BCUT2D eigenvalue weighted by Gasteiger charge is 2.38. The van der Waals surface area contributed by atoms with E-state index in [1.807, 2.05) is 0 Å². The minimum absolute atomic E-state index is 0.0163. The van der Waals surface area contributed by atoms with Gasteiger partial charge in [0.2, 0.25) is 0 Å². The molecule has 1 saturated heterocycles. The molecule has 112 valence electrons. The number of H-pyrrole nitrogens is 1. The molecule has 1 aromatic heterocycles. The highest BCUT2D eigenvalue weighted by atomic mass is 32.2. The standard InChI is InChI=1S/C13H22N4O2S/c18-20(19,12-5-9-15-16-12)17-11-4-8-14-13(10-11)6-2-1-3-7-13/h5,9,11,14,17H,1-4,6-8,10H2,(H,15,16). The van der Waals surface area contributed by atoms with Crippen LogP contribution in [0.1, 0.15) is 44.9 Å². The molecule has 2 fully saturated rings. The fourth-order valence-corrected chi connectivity index (χ4v) is 4.72. The van der Waals surface area contributed by atoms with Gasteiger partial charge in [-0.1, -0.05) is 19.3 Å². The lowest BCUT2D eigenvalue weighted by Gasteiger charge is -2.44. The lowest BCUT2D eigenvalue weighted by atomic mass is 9.75. The Labute approximate surface area is 119 Å². The average Bonchev–Trinajstić information content (AvgIpc) is 2.94. The molecule has 1 saturated carbocycles. The largest absolute Gasteiger partial charge is 0.311 e. The number of aromatic nitrogens is 2. The molecule has 1 aromatic rings. The van der Waals surface area contributed by atoms with Crippen LogP contribution in [-0.4, -0.2) is 36.7 Å². The molecule has 1 aliphatic carbocycles. The molecule has 0 radical (unpaired) electrons. The summed E-state index contributed by atoms with van der Waals surface area (Å²) in [4.78, 5) is 0. The monoisotopic (exact) mass is 298 g/mol. The summed E-state index contributed by atoms with van der Waals surface area (Å²) in [6.45, 7) is 0.885. The molecule has 0 amide bonds. The van der Waals surface area contributed by atoms with E-state index < -0.39 is 10.0 Å². The van der Waals surface area contributed by atoms with E-state index in [2.05, 4.69) is 20.2 Å². The van der Waals surface area contributed by atoms with Crippen molar-refractivity contribution in [3.05, 3.63) is 12.3 Å². The second kappa shape index (κ2) is 5.46. The molecule has 1 unspecified atom stereocenters. The van der Waals surface area contributed by atoms with Crippen LogP contribution in [0.25, 0.3) is 0 Å². The summed E-state index contributed by atoms with van der Waals surface area (Å²) >= 11 is 0. The van der Waals surface area contributed by atoms with Crippen molar-refractivity contribution < 1.29 is 8.42 Å². The summed E-state index contributed by atoms with van der Waals surface area (Å²) < 4.78 is 27.3. The number of piperidine rings is 1. The first-order chi connectivity index (χ1) is 9.60. The highest BCUT2D eigenvalue weighted by Crippen LogP contribution is 2.34. The first kappa shape index (κ1) is 14.0. The van der Waals surface area contributed by atoms with Crippen molar-refractivity contribution in [3.8, 4) is 0 Å². The Kier molecular flexibility index (Phi) is 3.83. The van der Waals surface area contributed by atoms with E-state index in [0.29, 0.717) is 0 Å². The van der Waals surface area contributed by atoms with Crippen molar-refractivity contribution in [1.82, 2.24) is 20.2 Å². The molecule has 6 nitrogen and oxygen atoms in total. The molecule has 1 atom stereocenters. The van der Waals surface area contributed by atoms with Gasteiger partial charge in [-0.25, -0.2) is 13.1 Å². The third-order valence-corrected chi connectivity index (χ3v) is 5.98. The molecule has 2 heterocycles. The zero-order valence-electron chi connectivity index (χ0n) is 11.6. The van der Waals surface area contributed by atoms with Crippen LogP contribution in [0, 0.1) is 0 Å². The van der Waals surface area contributed by atoms with Gasteiger partial charge < -0.3 is 5.32 Å². The fraction of sp³-hybridized carbons (Fsp3) is 0.769. The van der Waals surface area contributed by atoms with Crippen LogP contribution in [-0.2, 0) is 10.0 Å². The summed E-state index contributed by atoms with van der Waals surface area (Å²) in [6.07, 6.45) is 9.30. The van der Waals surface area contributed by atoms with Crippen molar-refractivity contribution in [3.63, 3.8) is 0 Å². The third-order valence-electron chi connectivity index (χ3n) is 4.53. The van der Waals surface area contributed by atoms with E-state index in [1.165, 1.54) is 31.5 Å². The zero-order chi connectivity index (χ0) is 14.1. The highest BCUT2D eigenvalue weighted by molar-refractivity contribution is 7.89. The number of sulfonamides is 1. The second-order valence-electron chi connectivity index (χ2n) is 6.00. The number of hydrogen-bond acceptors (Lipinski definition) is 4. The van der Waals surface area contributed by atoms with Gasteiger partial charge in [0.25, 0.3) is 10.0 Å². The molecule has 20 heavy (non-hydrogen) atoms. The minimum Gasteiger partial charge on any atom is -0.311 e. The van der Waals surface area contributed by atoms with Crippen LogP contribution in [0.5, 0.6) is 0 Å². The lowest BCUT2D eigenvalue weighted by Crippen LogP contribution is -2.57. The lowest BCUT2D eigenvalue weighted by molar-refractivity contribution is 0.165. The number of rotatable bonds is 3.